The number of esters is 1. The molecule has 6 nitrogen and oxygen atoms in total. The third-order valence-corrected chi connectivity index (χ3v) is 9.03. The molecule has 4 aliphatic carbocycles. The average molecular weight is 452 g/mol. The average Bonchev–Trinajstić information content (AvgIpc) is 2.92. The Labute approximate surface area is 185 Å². The number of allylic oxidation sites excluding steroid dienone is 4. The van der Waals surface area contributed by atoms with E-state index in [1.807, 2.05) is 0 Å². The Hall–Kier alpha value is -1.93. The second-order valence-corrected chi connectivity index (χ2v) is 10.4. The Kier molecular flexibility index (Phi) is 5.11. The number of rotatable bonds is 3. The van der Waals surface area contributed by atoms with Crippen LogP contribution in [0.5, 0.6) is 0 Å². The van der Waals surface area contributed by atoms with E-state index in [0.717, 1.165) is 13.0 Å². The molecule has 0 radical (unpaired) electrons. The molecule has 4 rings (SSSR count). The maximum atomic E-state index is 17.1. The van der Waals surface area contributed by atoms with Crippen molar-refractivity contribution in [1.82, 2.24) is 0 Å². The molecular formula is C24H30F2O6. The first-order valence-electron chi connectivity index (χ1n) is 11.1. The summed E-state index contributed by atoms with van der Waals surface area (Å²) in [4.78, 5) is 37.0. The van der Waals surface area contributed by atoms with E-state index in [1.165, 1.54) is 19.1 Å². The van der Waals surface area contributed by atoms with E-state index in [4.69, 9.17) is 4.74 Å². The lowest BCUT2D eigenvalue weighted by Gasteiger charge is -2.63. The fourth-order valence-electron chi connectivity index (χ4n) is 7.74. The zero-order valence-corrected chi connectivity index (χ0v) is 18.7. The van der Waals surface area contributed by atoms with Gasteiger partial charge in [-0.05, 0) is 49.8 Å². The van der Waals surface area contributed by atoms with Crippen molar-refractivity contribution in [2.24, 2.45) is 28.6 Å². The number of hydrogen-bond acceptors (Lipinski definition) is 6. The molecule has 2 N–H and O–H groups in total. The molecule has 176 valence electrons. The molecule has 9 atom stereocenters. The van der Waals surface area contributed by atoms with Gasteiger partial charge in [0.05, 0.1) is 6.10 Å². The van der Waals surface area contributed by atoms with Crippen molar-refractivity contribution in [3.05, 3.63) is 23.8 Å². The van der Waals surface area contributed by atoms with Crippen molar-refractivity contribution in [3.63, 3.8) is 0 Å². The van der Waals surface area contributed by atoms with Gasteiger partial charge in [0.25, 0.3) is 0 Å². The topological polar surface area (TPSA) is 101 Å². The van der Waals surface area contributed by atoms with Gasteiger partial charge in [0.2, 0.25) is 5.78 Å². The summed E-state index contributed by atoms with van der Waals surface area (Å²) in [5.41, 5.74) is -6.74. The number of ketones is 2. The van der Waals surface area contributed by atoms with Gasteiger partial charge in [-0.2, -0.15) is 0 Å². The summed E-state index contributed by atoms with van der Waals surface area (Å²) in [5.74, 6) is -3.99. The highest BCUT2D eigenvalue weighted by atomic mass is 19.1. The summed E-state index contributed by atoms with van der Waals surface area (Å²) in [6.45, 7) is 5.16. The minimum atomic E-state index is -2.28. The monoisotopic (exact) mass is 452 g/mol. The van der Waals surface area contributed by atoms with Crippen LogP contribution in [0.15, 0.2) is 23.8 Å². The van der Waals surface area contributed by atoms with Crippen LogP contribution >= 0.6 is 0 Å². The first-order valence-corrected chi connectivity index (χ1v) is 11.1. The highest BCUT2D eigenvalue weighted by Crippen LogP contribution is 2.71. The predicted molar refractivity (Wildman–Crippen MR) is 110 cm³/mol. The number of alkyl halides is 2. The van der Waals surface area contributed by atoms with Gasteiger partial charge in [-0.3, -0.25) is 14.4 Å². The van der Waals surface area contributed by atoms with Crippen LogP contribution in [-0.2, 0) is 19.1 Å². The zero-order chi connectivity index (χ0) is 23.9. The van der Waals surface area contributed by atoms with Gasteiger partial charge in [0.15, 0.2) is 17.1 Å². The third-order valence-electron chi connectivity index (χ3n) is 9.03. The first kappa shape index (κ1) is 23.2. The molecule has 0 saturated heterocycles. The van der Waals surface area contributed by atoms with Crippen LogP contribution in [0.25, 0.3) is 0 Å². The minimum absolute atomic E-state index is 0.0233. The van der Waals surface area contributed by atoms with Crippen LogP contribution in [0, 0.1) is 28.6 Å². The van der Waals surface area contributed by atoms with E-state index in [0.29, 0.717) is 0 Å². The number of hydrogen-bond donors (Lipinski definition) is 2. The standard InChI is InChI=1S/C24H30F2O6/c1-12-7-15-16-9-18(25)17-8-14(29)5-6-21(17,3)23(16,26)19(30)10-22(15,4)24(12,20(31)11-27)32-13(2)28/h5-6,8,12,15-16,18-19,27,30H,7,9-11H2,1-4H3/t12-,15-,16-,18-,19-,21-,22-,23-,24-/m0/s1. The number of halogens is 2. The Bertz CT molecular complexity index is 945. The molecule has 0 unspecified atom stereocenters. The molecule has 0 bridgehead atoms. The number of ether oxygens (including phenoxy) is 1. The number of aliphatic hydroxyl groups is 2. The molecule has 0 spiro atoms. The van der Waals surface area contributed by atoms with E-state index in [1.54, 1.807) is 13.8 Å². The molecule has 3 fully saturated rings. The second kappa shape index (κ2) is 7.03. The lowest BCUT2D eigenvalue weighted by molar-refractivity contribution is -0.231. The molecule has 8 heteroatoms. The van der Waals surface area contributed by atoms with Crippen LogP contribution in [0.2, 0.25) is 0 Å². The van der Waals surface area contributed by atoms with Crippen molar-refractivity contribution in [2.45, 2.75) is 70.5 Å². The van der Waals surface area contributed by atoms with Crippen molar-refractivity contribution in [1.29, 1.82) is 0 Å². The molecule has 0 amide bonds. The highest BCUT2D eigenvalue weighted by molar-refractivity contribution is 6.01. The predicted octanol–water partition coefficient (Wildman–Crippen LogP) is 2.41. The van der Waals surface area contributed by atoms with Gasteiger partial charge in [-0.1, -0.05) is 19.9 Å². The van der Waals surface area contributed by atoms with Crippen LogP contribution in [0.3, 0.4) is 0 Å². The van der Waals surface area contributed by atoms with Crippen molar-refractivity contribution in [2.75, 3.05) is 6.61 Å². The number of aliphatic hydroxyl groups excluding tert-OH is 2. The van der Waals surface area contributed by atoms with Gasteiger partial charge < -0.3 is 14.9 Å². The maximum absolute atomic E-state index is 17.1. The summed E-state index contributed by atoms with van der Waals surface area (Å²) in [6.07, 6.45) is 0.273. The van der Waals surface area contributed by atoms with E-state index in [9.17, 15) is 24.6 Å². The highest BCUT2D eigenvalue weighted by Gasteiger charge is 2.77. The Morgan fingerprint density at radius 3 is 2.50 bits per heavy atom. The summed E-state index contributed by atoms with van der Waals surface area (Å²) in [6, 6.07) is 0. The zero-order valence-electron chi connectivity index (χ0n) is 18.7. The molecule has 32 heavy (non-hydrogen) atoms. The van der Waals surface area contributed by atoms with Crippen LogP contribution < -0.4 is 0 Å². The molecule has 0 aromatic heterocycles. The molecule has 0 aromatic carbocycles. The number of carbonyl (C=O) groups is 3. The molecule has 0 heterocycles. The quantitative estimate of drug-likeness (QED) is 0.638. The number of fused-ring (bicyclic) bond motifs is 5. The third kappa shape index (κ3) is 2.54. The summed E-state index contributed by atoms with van der Waals surface area (Å²) >= 11 is 0. The minimum Gasteiger partial charge on any atom is -0.450 e. The molecule has 3 saturated carbocycles. The Morgan fingerprint density at radius 2 is 1.91 bits per heavy atom. The van der Waals surface area contributed by atoms with Crippen LogP contribution in [-0.4, -0.2) is 57.9 Å². The molecule has 4 aliphatic rings. The fourth-order valence-corrected chi connectivity index (χ4v) is 7.74. The number of Topliss-reactive ketones (excluding diaryl/α,β-unsaturated/α-hetero) is 1. The lowest BCUT2D eigenvalue weighted by Crippen LogP contribution is -2.71. The Morgan fingerprint density at radius 1 is 1.25 bits per heavy atom. The van der Waals surface area contributed by atoms with E-state index >= 15 is 8.78 Å². The number of carbonyl (C=O) groups excluding carboxylic acids is 3. The van der Waals surface area contributed by atoms with Gasteiger partial charge in [-0.15, -0.1) is 0 Å². The van der Waals surface area contributed by atoms with Gasteiger partial charge >= 0.3 is 5.97 Å². The smallest absolute Gasteiger partial charge is 0.303 e. The fraction of sp³-hybridized carbons (Fsp3) is 0.708. The SMILES string of the molecule is CC(=O)O[C@]1(C(=O)CO)[C@@H](C)C[C@H]2[C@@H]3C[C@H](F)C4=CC(=O)C=C[C@]4(C)[C@@]3(F)[C@@H](O)C[C@@]21C. The largest absolute Gasteiger partial charge is 0.450 e. The summed E-state index contributed by atoms with van der Waals surface area (Å²) in [5, 5.41) is 21.0. The second-order valence-electron chi connectivity index (χ2n) is 10.4. The first-order chi connectivity index (χ1) is 14.8. The van der Waals surface area contributed by atoms with E-state index in [2.05, 4.69) is 0 Å². The van der Waals surface area contributed by atoms with Crippen molar-refractivity contribution in [3.8, 4) is 0 Å². The normalized spacial score (nSPS) is 49.6. The molecule has 0 aliphatic heterocycles. The van der Waals surface area contributed by atoms with Gasteiger partial charge in [0.1, 0.15) is 12.8 Å². The van der Waals surface area contributed by atoms with E-state index in [-0.39, 0.29) is 24.8 Å². The lowest BCUT2D eigenvalue weighted by atomic mass is 9.44. The van der Waals surface area contributed by atoms with Crippen LogP contribution in [0.1, 0.15) is 47.0 Å². The van der Waals surface area contributed by atoms with Crippen molar-refractivity contribution >= 4 is 17.5 Å². The van der Waals surface area contributed by atoms with Gasteiger partial charge in [0, 0.05) is 29.6 Å². The summed E-state index contributed by atoms with van der Waals surface area (Å²) in [7, 11) is 0. The van der Waals surface area contributed by atoms with E-state index < -0.39 is 76.3 Å². The van der Waals surface area contributed by atoms with Gasteiger partial charge in [-0.25, -0.2) is 8.78 Å². The van der Waals surface area contributed by atoms with Crippen molar-refractivity contribution < 1.29 is 38.1 Å². The Balaban J connectivity index is 1.89. The summed E-state index contributed by atoms with van der Waals surface area (Å²) < 4.78 is 38.1. The van der Waals surface area contributed by atoms with Crippen LogP contribution in [0.4, 0.5) is 8.78 Å². The molecule has 0 aromatic rings. The molecular weight excluding hydrogens is 422 g/mol. The maximum Gasteiger partial charge on any atom is 0.303 e.